The molecule has 13 heteroatoms. The van der Waals surface area contributed by atoms with Gasteiger partial charge in [-0.05, 0) is 19.6 Å². The summed E-state index contributed by atoms with van der Waals surface area (Å²) in [6.45, 7) is 3.15. The lowest BCUT2D eigenvalue weighted by atomic mass is 10.1. The molecule has 0 heterocycles. The van der Waals surface area contributed by atoms with E-state index >= 15 is 0 Å². The van der Waals surface area contributed by atoms with Gasteiger partial charge in [-0.1, -0.05) is 20.8 Å². The van der Waals surface area contributed by atoms with Crippen molar-refractivity contribution in [3.05, 3.63) is 0 Å². The molecule has 0 radical (unpaired) electrons. The average Bonchev–Trinajstić information content (AvgIpc) is 2.56. The Balaban J connectivity index is 6.57. The molecule has 0 saturated heterocycles. The lowest BCUT2D eigenvalue weighted by molar-refractivity contribution is -0.157. The SMILES string of the molecule is CCNC(N(CC(=O)O)CC(=O)O)C(NCC)(NCC)N(CC(=O)O)CC(=O)O. The molecule has 0 aliphatic heterocycles. The molecule has 0 saturated carbocycles. The summed E-state index contributed by atoms with van der Waals surface area (Å²) in [5, 5.41) is 46.2. The first kappa shape index (κ1) is 26.7. The molecular weight excluding hydrogens is 390 g/mol. The third-order valence-corrected chi connectivity index (χ3v) is 3.88. The van der Waals surface area contributed by atoms with Crippen LogP contribution >= 0.6 is 0 Å². The van der Waals surface area contributed by atoms with E-state index in [4.69, 9.17) is 0 Å². The first-order chi connectivity index (χ1) is 13.5. The van der Waals surface area contributed by atoms with Crippen molar-refractivity contribution in [1.82, 2.24) is 25.8 Å². The summed E-state index contributed by atoms with van der Waals surface area (Å²) in [5.41, 5.74) is 0. The van der Waals surface area contributed by atoms with Gasteiger partial charge in [0.2, 0.25) is 0 Å². The highest BCUT2D eigenvalue weighted by Crippen LogP contribution is 2.18. The van der Waals surface area contributed by atoms with Gasteiger partial charge in [0.1, 0.15) is 6.17 Å². The fourth-order valence-corrected chi connectivity index (χ4v) is 3.14. The second-order valence-corrected chi connectivity index (χ2v) is 6.12. The molecule has 0 aromatic carbocycles. The van der Waals surface area contributed by atoms with Crippen LogP contribution in [0.15, 0.2) is 0 Å². The number of likely N-dealkylation sites (N-methyl/N-ethyl adjacent to an activating group) is 3. The molecule has 0 rings (SSSR count). The van der Waals surface area contributed by atoms with Crippen LogP contribution in [0.5, 0.6) is 0 Å². The topological polar surface area (TPSA) is 192 Å². The maximum Gasteiger partial charge on any atom is 0.317 e. The van der Waals surface area contributed by atoms with Crippen molar-refractivity contribution in [3.63, 3.8) is 0 Å². The third-order valence-electron chi connectivity index (χ3n) is 3.88. The summed E-state index contributed by atoms with van der Waals surface area (Å²) in [6, 6.07) is 0. The Kier molecular flexibility index (Phi) is 12.0. The molecule has 0 aromatic rings. The molecular formula is C16H31N5O8. The molecule has 29 heavy (non-hydrogen) atoms. The number of aliphatic carboxylic acids is 4. The number of hydrogen-bond donors (Lipinski definition) is 7. The van der Waals surface area contributed by atoms with E-state index in [2.05, 4.69) is 16.0 Å². The standard InChI is InChI=1S/C16H31N5O8/c1-4-17-15(20(7-11(22)23)8-12(24)25)16(18-5-2,19-6-3)21(9-13(26)27)10-14(28)29/h15,17-19H,4-10H2,1-3H3,(H,22,23)(H,24,25)(H,26,27)(H,28,29). The Morgan fingerprint density at radius 2 is 1.10 bits per heavy atom. The number of carboxylic acid groups (broad SMARTS) is 4. The van der Waals surface area contributed by atoms with Gasteiger partial charge < -0.3 is 20.4 Å². The van der Waals surface area contributed by atoms with Crippen molar-refractivity contribution in [2.24, 2.45) is 0 Å². The lowest BCUT2D eigenvalue weighted by Gasteiger charge is -2.51. The third kappa shape index (κ3) is 8.70. The predicted octanol–water partition coefficient (Wildman–Crippen LogP) is -2.26. The maximum absolute atomic E-state index is 11.4. The van der Waals surface area contributed by atoms with Crippen LogP contribution in [0.1, 0.15) is 20.8 Å². The fourth-order valence-electron chi connectivity index (χ4n) is 3.14. The molecule has 13 nitrogen and oxygen atoms in total. The van der Waals surface area contributed by atoms with Gasteiger partial charge in [-0.2, -0.15) is 0 Å². The Bertz CT molecular complexity index is 536. The fraction of sp³-hybridized carbons (Fsp3) is 0.750. The molecule has 0 aliphatic rings. The van der Waals surface area contributed by atoms with E-state index < -0.39 is 62.0 Å². The van der Waals surface area contributed by atoms with Gasteiger partial charge in [0.05, 0.1) is 26.2 Å². The van der Waals surface area contributed by atoms with Crippen LogP contribution in [0.4, 0.5) is 0 Å². The van der Waals surface area contributed by atoms with Gasteiger partial charge in [0.25, 0.3) is 0 Å². The first-order valence-electron chi connectivity index (χ1n) is 9.13. The van der Waals surface area contributed by atoms with Crippen molar-refractivity contribution < 1.29 is 39.6 Å². The van der Waals surface area contributed by atoms with E-state index in [9.17, 15) is 39.6 Å². The Morgan fingerprint density at radius 1 is 0.724 bits per heavy atom. The zero-order valence-electron chi connectivity index (χ0n) is 16.8. The van der Waals surface area contributed by atoms with Gasteiger partial charge in [-0.3, -0.25) is 40.0 Å². The Hall–Kier alpha value is -2.32. The Morgan fingerprint density at radius 3 is 1.38 bits per heavy atom. The average molecular weight is 421 g/mol. The number of carboxylic acids is 4. The number of rotatable bonds is 17. The highest BCUT2D eigenvalue weighted by Gasteiger charge is 2.47. The van der Waals surface area contributed by atoms with Crippen LogP contribution in [0, 0.1) is 0 Å². The number of carbonyl (C=O) groups is 4. The number of nitrogens with zero attached hydrogens (tertiary/aromatic N) is 2. The van der Waals surface area contributed by atoms with E-state index in [0.29, 0.717) is 0 Å². The summed E-state index contributed by atoms with van der Waals surface area (Å²) >= 11 is 0. The normalized spacial score (nSPS) is 12.9. The zero-order chi connectivity index (χ0) is 22.6. The van der Waals surface area contributed by atoms with Crippen molar-refractivity contribution in [3.8, 4) is 0 Å². The first-order valence-corrected chi connectivity index (χ1v) is 9.13. The van der Waals surface area contributed by atoms with E-state index in [1.54, 1.807) is 20.8 Å². The minimum Gasteiger partial charge on any atom is -0.480 e. The van der Waals surface area contributed by atoms with Gasteiger partial charge >= 0.3 is 23.9 Å². The van der Waals surface area contributed by atoms with Crippen molar-refractivity contribution in [1.29, 1.82) is 0 Å². The van der Waals surface area contributed by atoms with E-state index in [-0.39, 0.29) is 19.6 Å². The monoisotopic (exact) mass is 421 g/mol. The van der Waals surface area contributed by atoms with Gasteiger partial charge in [0.15, 0.2) is 5.79 Å². The van der Waals surface area contributed by atoms with E-state index in [0.717, 1.165) is 9.80 Å². The summed E-state index contributed by atoms with van der Waals surface area (Å²) in [6.07, 6.45) is -1.10. The van der Waals surface area contributed by atoms with Crippen LogP contribution in [0.3, 0.4) is 0 Å². The van der Waals surface area contributed by atoms with Crippen LogP contribution in [0.25, 0.3) is 0 Å². The molecule has 0 spiro atoms. The van der Waals surface area contributed by atoms with Gasteiger partial charge in [0, 0.05) is 0 Å². The van der Waals surface area contributed by atoms with Crippen molar-refractivity contribution >= 4 is 23.9 Å². The lowest BCUT2D eigenvalue weighted by Crippen LogP contribution is -2.81. The van der Waals surface area contributed by atoms with Crippen molar-refractivity contribution in [2.45, 2.75) is 32.7 Å². The molecule has 0 bridgehead atoms. The second kappa shape index (κ2) is 13.0. The van der Waals surface area contributed by atoms with E-state index in [1.807, 2.05) is 0 Å². The highest BCUT2D eigenvalue weighted by atomic mass is 16.4. The molecule has 0 amide bonds. The number of hydrogen-bond acceptors (Lipinski definition) is 9. The minimum atomic E-state index is -1.60. The number of nitrogens with one attached hydrogen (secondary N) is 3. The van der Waals surface area contributed by atoms with Gasteiger partial charge in [-0.15, -0.1) is 0 Å². The maximum atomic E-state index is 11.4. The predicted molar refractivity (Wildman–Crippen MR) is 101 cm³/mol. The second-order valence-electron chi connectivity index (χ2n) is 6.12. The molecule has 168 valence electrons. The molecule has 0 aliphatic carbocycles. The summed E-state index contributed by atoms with van der Waals surface area (Å²) < 4.78 is 0. The quantitative estimate of drug-likeness (QED) is 0.125. The van der Waals surface area contributed by atoms with Crippen LogP contribution in [-0.2, 0) is 19.2 Å². The molecule has 1 atom stereocenters. The van der Waals surface area contributed by atoms with Crippen LogP contribution in [0.2, 0.25) is 0 Å². The molecule has 0 fully saturated rings. The molecule has 1 unspecified atom stereocenters. The van der Waals surface area contributed by atoms with E-state index in [1.165, 1.54) is 0 Å². The summed E-state index contributed by atoms with van der Waals surface area (Å²) in [4.78, 5) is 47.8. The zero-order valence-corrected chi connectivity index (χ0v) is 16.8. The Labute approximate surface area is 168 Å². The van der Waals surface area contributed by atoms with Crippen molar-refractivity contribution in [2.75, 3.05) is 45.8 Å². The summed E-state index contributed by atoms with van der Waals surface area (Å²) in [5.74, 6) is -6.78. The smallest absolute Gasteiger partial charge is 0.317 e. The molecule has 0 aromatic heterocycles. The minimum absolute atomic E-state index is 0.249. The summed E-state index contributed by atoms with van der Waals surface area (Å²) in [7, 11) is 0. The molecule has 7 N–H and O–H groups in total. The largest absolute Gasteiger partial charge is 0.480 e. The van der Waals surface area contributed by atoms with Gasteiger partial charge in [-0.25, -0.2) is 4.90 Å². The van der Waals surface area contributed by atoms with Crippen LogP contribution in [-0.4, -0.2) is 112 Å². The highest BCUT2D eigenvalue weighted by molar-refractivity contribution is 5.73. The van der Waals surface area contributed by atoms with Crippen LogP contribution < -0.4 is 16.0 Å².